The maximum Gasteiger partial charge on any atom is 0.275 e. The molecule has 2 heterocycles. The van der Waals surface area contributed by atoms with Gasteiger partial charge in [0.2, 0.25) is 11.7 Å². The van der Waals surface area contributed by atoms with Crippen LogP contribution in [0, 0.1) is 13.8 Å². The van der Waals surface area contributed by atoms with Gasteiger partial charge in [0.05, 0.1) is 5.02 Å². The first-order valence-electron chi connectivity index (χ1n) is 9.01. The van der Waals surface area contributed by atoms with Crippen LogP contribution in [0.5, 0.6) is 0 Å². The van der Waals surface area contributed by atoms with Crippen molar-refractivity contribution < 1.29 is 4.79 Å². The quantitative estimate of drug-likeness (QED) is 0.561. The second-order valence-electron chi connectivity index (χ2n) is 6.70. The number of hydrogen-bond donors (Lipinski definition) is 1. The van der Waals surface area contributed by atoms with Gasteiger partial charge >= 0.3 is 0 Å². The van der Waals surface area contributed by atoms with Crippen LogP contribution in [-0.4, -0.2) is 25.1 Å². The zero-order chi connectivity index (χ0) is 20.5. The molecule has 0 aliphatic heterocycles. The summed E-state index contributed by atoms with van der Waals surface area (Å²) >= 11 is 6.25. The Morgan fingerprint density at radius 1 is 1.10 bits per heavy atom. The van der Waals surface area contributed by atoms with Crippen molar-refractivity contribution in [1.82, 2.24) is 19.2 Å². The molecule has 0 aliphatic carbocycles. The van der Waals surface area contributed by atoms with Crippen LogP contribution in [0.25, 0.3) is 17.2 Å². The van der Waals surface area contributed by atoms with Crippen molar-refractivity contribution in [3.63, 3.8) is 0 Å². The molecule has 29 heavy (non-hydrogen) atoms. The first-order valence-corrected chi connectivity index (χ1v) is 9.39. The summed E-state index contributed by atoms with van der Waals surface area (Å²) < 4.78 is 2.84. The molecule has 0 unspecified atom stereocenters. The largest absolute Gasteiger partial charge is 0.324 e. The molecule has 0 atom stereocenters. The van der Waals surface area contributed by atoms with E-state index in [1.54, 1.807) is 29.7 Å². The maximum atomic E-state index is 12.7. The van der Waals surface area contributed by atoms with Gasteiger partial charge in [0.15, 0.2) is 5.82 Å². The van der Waals surface area contributed by atoms with Crippen molar-refractivity contribution in [2.75, 3.05) is 5.32 Å². The minimum atomic E-state index is -0.320. The van der Waals surface area contributed by atoms with Gasteiger partial charge in [0, 0.05) is 23.0 Å². The second-order valence-corrected chi connectivity index (χ2v) is 7.11. The molecule has 2 aromatic carbocycles. The molecule has 4 rings (SSSR count). The molecule has 8 heteroatoms. The summed E-state index contributed by atoms with van der Waals surface area (Å²) in [6.45, 7) is 3.67. The smallest absolute Gasteiger partial charge is 0.275 e. The number of carbonyl (C=O) groups excluding carboxylic acids is 1. The first-order chi connectivity index (χ1) is 13.9. The van der Waals surface area contributed by atoms with Crippen molar-refractivity contribution in [1.29, 1.82) is 0 Å². The van der Waals surface area contributed by atoms with Crippen LogP contribution in [-0.2, 0) is 11.3 Å². The van der Waals surface area contributed by atoms with Gasteiger partial charge in [-0.05, 0) is 37.6 Å². The van der Waals surface area contributed by atoms with Crippen LogP contribution in [0.4, 0.5) is 5.69 Å². The van der Waals surface area contributed by atoms with Gasteiger partial charge < -0.3 is 9.88 Å². The molecule has 146 valence electrons. The summed E-state index contributed by atoms with van der Waals surface area (Å²) in [5.41, 5.74) is 2.61. The minimum absolute atomic E-state index is 0.00932. The number of nitrogens with zero attached hydrogens (tertiary/aromatic N) is 4. The van der Waals surface area contributed by atoms with E-state index < -0.39 is 0 Å². The van der Waals surface area contributed by atoms with E-state index in [-0.39, 0.29) is 23.8 Å². The highest BCUT2D eigenvalue weighted by Gasteiger charge is 2.17. The number of anilines is 1. The highest BCUT2D eigenvalue weighted by atomic mass is 35.5. The fourth-order valence-corrected chi connectivity index (χ4v) is 3.32. The Bertz CT molecular complexity index is 1290. The Morgan fingerprint density at radius 3 is 2.59 bits per heavy atom. The van der Waals surface area contributed by atoms with Crippen LogP contribution in [0.2, 0.25) is 5.02 Å². The summed E-state index contributed by atoms with van der Waals surface area (Å²) in [4.78, 5) is 29.6. The average Bonchev–Trinajstić information content (AvgIpc) is 3.13. The van der Waals surface area contributed by atoms with Crippen LogP contribution in [0.3, 0.4) is 0 Å². The molecule has 0 bridgehead atoms. The van der Waals surface area contributed by atoms with Crippen molar-refractivity contribution in [2.24, 2.45) is 0 Å². The molecule has 7 nitrogen and oxygen atoms in total. The van der Waals surface area contributed by atoms with Crippen molar-refractivity contribution in [2.45, 2.75) is 20.4 Å². The molecule has 4 aromatic rings. The number of rotatable bonds is 4. The molecule has 0 radical (unpaired) electrons. The zero-order valence-corrected chi connectivity index (χ0v) is 16.6. The molecule has 0 aliphatic rings. The normalized spacial score (nSPS) is 11.0. The SMILES string of the molecule is Cc1ccccc1NC(=O)Cn1c(C)cc(=O)n2nc(-c3ccccc3Cl)nc12. The number of hydrogen-bond acceptors (Lipinski definition) is 4. The Morgan fingerprint density at radius 2 is 1.83 bits per heavy atom. The number of aromatic nitrogens is 4. The fraction of sp³-hybridized carbons (Fsp3) is 0.143. The van der Waals surface area contributed by atoms with Gasteiger partial charge in [-0.1, -0.05) is 41.9 Å². The first kappa shape index (κ1) is 18.9. The number of fused-ring (bicyclic) bond motifs is 1. The lowest BCUT2D eigenvalue weighted by Crippen LogP contribution is -2.25. The lowest BCUT2D eigenvalue weighted by atomic mass is 10.2. The summed E-state index contributed by atoms with van der Waals surface area (Å²) in [6, 6.07) is 16.1. The number of amides is 1. The number of aryl methyl sites for hydroxylation is 2. The number of para-hydroxylation sites is 1. The molecular weight excluding hydrogens is 390 g/mol. The molecular formula is C21H18ClN5O2. The van der Waals surface area contributed by atoms with Gasteiger partial charge in [-0.15, -0.1) is 5.10 Å². The third-order valence-corrected chi connectivity index (χ3v) is 4.96. The fourth-order valence-electron chi connectivity index (χ4n) is 3.10. The van der Waals surface area contributed by atoms with E-state index in [2.05, 4.69) is 15.4 Å². The maximum absolute atomic E-state index is 12.7. The van der Waals surface area contributed by atoms with Crippen LogP contribution in [0.1, 0.15) is 11.3 Å². The monoisotopic (exact) mass is 407 g/mol. The number of halogens is 1. The van der Waals surface area contributed by atoms with Gasteiger partial charge in [0.25, 0.3) is 5.56 Å². The molecule has 1 N–H and O–H groups in total. The van der Waals surface area contributed by atoms with E-state index in [1.807, 2.05) is 37.3 Å². The van der Waals surface area contributed by atoms with Gasteiger partial charge in [-0.25, -0.2) is 0 Å². The average molecular weight is 408 g/mol. The summed E-state index contributed by atoms with van der Waals surface area (Å²) in [7, 11) is 0. The third kappa shape index (κ3) is 3.64. The van der Waals surface area contributed by atoms with E-state index in [0.29, 0.717) is 22.1 Å². The van der Waals surface area contributed by atoms with Gasteiger partial charge in [-0.3, -0.25) is 9.59 Å². The lowest BCUT2D eigenvalue weighted by Gasteiger charge is -2.12. The van der Waals surface area contributed by atoms with E-state index in [9.17, 15) is 9.59 Å². The van der Waals surface area contributed by atoms with Gasteiger partial charge in [0.1, 0.15) is 6.54 Å². The van der Waals surface area contributed by atoms with Crippen molar-refractivity contribution in [3.05, 3.63) is 81.2 Å². The molecule has 0 saturated heterocycles. The Kier molecular flexibility index (Phi) is 4.90. The Balaban J connectivity index is 1.74. The van der Waals surface area contributed by atoms with Crippen LogP contribution in [0.15, 0.2) is 59.4 Å². The van der Waals surface area contributed by atoms with Crippen LogP contribution >= 0.6 is 11.6 Å². The highest BCUT2D eigenvalue weighted by Crippen LogP contribution is 2.25. The summed E-state index contributed by atoms with van der Waals surface area (Å²) in [6.07, 6.45) is 0. The molecule has 1 amide bonds. The van der Waals surface area contributed by atoms with Crippen molar-refractivity contribution in [3.8, 4) is 11.4 Å². The molecule has 0 fully saturated rings. The topological polar surface area (TPSA) is 81.3 Å². The molecule has 2 aromatic heterocycles. The predicted molar refractivity (Wildman–Crippen MR) is 112 cm³/mol. The number of benzene rings is 2. The summed E-state index contributed by atoms with van der Waals surface area (Å²) in [5.74, 6) is 0.381. The van der Waals surface area contributed by atoms with Gasteiger partial charge in [-0.2, -0.15) is 9.50 Å². The lowest BCUT2D eigenvalue weighted by molar-refractivity contribution is -0.116. The van der Waals surface area contributed by atoms with E-state index in [1.165, 1.54) is 10.6 Å². The Labute approximate surface area is 171 Å². The Hall–Kier alpha value is -3.45. The highest BCUT2D eigenvalue weighted by molar-refractivity contribution is 6.33. The second kappa shape index (κ2) is 7.52. The third-order valence-electron chi connectivity index (χ3n) is 4.63. The van der Waals surface area contributed by atoms with E-state index >= 15 is 0 Å². The molecule has 0 saturated carbocycles. The van der Waals surface area contributed by atoms with E-state index in [0.717, 1.165) is 11.3 Å². The minimum Gasteiger partial charge on any atom is -0.324 e. The van der Waals surface area contributed by atoms with Crippen molar-refractivity contribution >= 4 is 29.0 Å². The van der Waals surface area contributed by atoms with E-state index in [4.69, 9.17) is 11.6 Å². The predicted octanol–water partition coefficient (Wildman–Crippen LogP) is 3.47. The number of nitrogens with one attached hydrogen (secondary N) is 1. The molecule has 0 spiro atoms. The number of carbonyl (C=O) groups is 1. The van der Waals surface area contributed by atoms with Crippen LogP contribution < -0.4 is 10.9 Å². The zero-order valence-electron chi connectivity index (χ0n) is 15.9. The standard InChI is InChI=1S/C21H18ClN5O2/c1-13-7-3-6-10-17(13)23-18(28)12-26-14(2)11-19(29)27-21(26)24-20(25-27)15-8-4-5-9-16(15)22/h3-11H,12H2,1-2H3,(H,23,28). The summed E-state index contributed by atoms with van der Waals surface area (Å²) in [5, 5.41) is 7.69.